The van der Waals surface area contributed by atoms with Crippen molar-refractivity contribution in [2.24, 2.45) is 0 Å². The van der Waals surface area contributed by atoms with Crippen LogP contribution in [0.3, 0.4) is 0 Å². The number of aliphatic hydroxyl groups excluding tert-OH is 1. The number of piperazine rings is 1. The summed E-state index contributed by atoms with van der Waals surface area (Å²) in [4.78, 5) is 4.75. The molecule has 1 heterocycles. The fourth-order valence-corrected chi connectivity index (χ4v) is 1.59. The van der Waals surface area contributed by atoms with Crippen LogP contribution in [0.25, 0.3) is 0 Å². The Kier molecular flexibility index (Phi) is 5.05. The zero-order valence-corrected chi connectivity index (χ0v) is 8.45. The third kappa shape index (κ3) is 3.89. The Hall–Kier alpha value is -0.380. The molecule has 0 amide bonds. The highest BCUT2D eigenvalue weighted by atomic mass is 16.3. The van der Waals surface area contributed by atoms with Crippen molar-refractivity contribution in [1.82, 2.24) is 9.80 Å². The van der Waals surface area contributed by atoms with Gasteiger partial charge in [0.25, 0.3) is 0 Å². The molecular formula is C10H20N2O. The highest BCUT2D eigenvalue weighted by molar-refractivity contribution is 4.83. The molecule has 76 valence electrons. The molecule has 1 rings (SSSR count). The molecule has 1 aliphatic heterocycles. The molecule has 1 N–H and O–H groups in total. The van der Waals surface area contributed by atoms with Gasteiger partial charge in [0.15, 0.2) is 0 Å². The van der Waals surface area contributed by atoms with Gasteiger partial charge >= 0.3 is 0 Å². The molecule has 0 aromatic carbocycles. The highest BCUT2D eigenvalue weighted by Crippen LogP contribution is 2.00. The minimum atomic E-state index is 0.287. The molecule has 0 aliphatic carbocycles. The molecule has 0 aromatic heterocycles. The van der Waals surface area contributed by atoms with Crippen LogP contribution in [-0.4, -0.2) is 60.8 Å². The maximum absolute atomic E-state index is 8.76. The third-order valence-corrected chi connectivity index (χ3v) is 2.48. The zero-order valence-electron chi connectivity index (χ0n) is 8.45. The van der Waals surface area contributed by atoms with Crippen molar-refractivity contribution >= 4 is 0 Å². The summed E-state index contributed by atoms with van der Waals surface area (Å²) in [6.45, 7) is 8.70. The van der Waals surface area contributed by atoms with E-state index in [0.29, 0.717) is 0 Å². The first kappa shape index (κ1) is 10.7. The Balaban J connectivity index is 2.14. The smallest absolute Gasteiger partial charge is 0.0558 e. The fourth-order valence-electron chi connectivity index (χ4n) is 1.59. The number of rotatable bonds is 4. The Morgan fingerprint density at radius 2 is 1.77 bits per heavy atom. The fraction of sp³-hybridized carbons (Fsp3) is 0.800. The molecule has 0 saturated carbocycles. The predicted octanol–water partition coefficient (Wildman–Crippen LogP) is 0.172. The van der Waals surface area contributed by atoms with E-state index in [0.717, 1.165) is 39.3 Å². The summed E-state index contributed by atoms with van der Waals surface area (Å²) >= 11 is 0. The Labute approximate surface area is 80.6 Å². The SMILES string of the molecule is CC=CCN1CCN(CCO)CC1. The van der Waals surface area contributed by atoms with Gasteiger partial charge < -0.3 is 5.11 Å². The number of nitrogens with zero attached hydrogens (tertiary/aromatic N) is 2. The normalized spacial score (nSPS) is 21.4. The van der Waals surface area contributed by atoms with Gasteiger partial charge in [-0.25, -0.2) is 0 Å². The average Bonchev–Trinajstić information content (AvgIpc) is 2.17. The molecule has 0 aromatic rings. The standard InChI is InChI=1S/C10H20N2O/c1-2-3-4-11-5-7-12(8-6-11)9-10-13/h2-3,13H,4-10H2,1H3. The first-order chi connectivity index (χ1) is 6.36. The number of hydrogen-bond donors (Lipinski definition) is 1. The van der Waals surface area contributed by atoms with E-state index in [2.05, 4.69) is 28.9 Å². The Bertz CT molecular complexity index is 151. The second-order valence-corrected chi connectivity index (χ2v) is 3.43. The van der Waals surface area contributed by atoms with Gasteiger partial charge in [0.05, 0.1) is 6.61 Å². The van der Waals surface area contributed by atoms with E-state index in [4.69, 9.17) is 5.11 Å². The Morgan fingerprint density at radius 3 is 2.31 bits per heavy atom. The molecule has 0 spiro atoms. The molecule has 0 bridgehead atoms. The predicted molar refractivity (Wildman–Crippen MR) is 54.8 cm³/mol. The average molecular weight is 184 g/mol. The van der Waals surface area contributed by atoms with Gasteiger partial charge in [-0.15, -0.1) is 0 Å². The van der Waals surface area contributed by atoms with Crippen LogP contribution < -0.4 is 0 Å². The van der Waals surface area contributed by atoms with Crippen molar-refractivity contribution in [3.8, 4) is 0 Å². The van der Waals surface area contributed by atoms with Crippen LogP contribution in [0.1, 0.15) is 6.92 Å². The summed E-state index contributed by atoms with van der Waals surface area (Å²) in [5.74, 6) is 0. The second kappa shape index (κ2) is 6.13. The van der Waals surface area contributed by atoms with E-state index >= 15 is 0 Å². The number of hydrogen-bond acceptors (Lipinski definition) is 3. The van der Waals surface area contributed by atoms with Crippen LogP contribution in [0.2, 0.25) is 0 Å². The molecule has 13 heavy (non-hydrogen) atoms. The van der Waals surface area contributed by atoms with Crippen LogP contribution in [0.15, 0.2) is 12.2 Å². The van der Waals surface area contributed by atoms with E-state index in [9.17, 15) is 0 Å². The molecule has 0 atom stereocenters. The maximum Gasteiger partial charge on any atom is 0.0558 e. The first-order valence-corrected chi connectivity index (χ1v) is 5.03. The van der Waals surface area contributed by atoms with Crippen molar-refractivity contribution in [2.75, 3.05) is 45.9 Å². The van der Waals surface area contributed by atoms with Crippen LogP contribution in [0.4, 0.5) is 0 Å². The van der Waals surface area contributed by atoms with Crippen LogP contribution in [-0.2, 0) is 0 Å². The van der Waals surface area contributed by atoms with Crippen molar-refractivity contribution in [1.29, 1.82) is 0 Å². The number of β-amino-alcohol motifs (C(OH)–C–C–N with tert-alkyl or cyclic N) is 1. The molecule has 0 unspecified atom stereocenters. The van der Waals surface area contributed by atoms with Crippen molar-refractivity contribution in [3.05, 3.63) is 12.2 Å². The summed E-state index contributed by atoms with van der Waals surface area (Å²) in [7, 11) is 0. The lowest BCUT2D eigenvalue weighted by atomic mass is 10.3. The minimum absolute atomic E-state index is 0.287. The lowest BCUT2D eigenvalue weighted by Gasteiger charge is -2.33. The van der Waals surface area contributed by atoms with Crippen LogP contribution >= 0.6 is 0 Å². The number of allylic oxidation sites excluding steroid dienone is 1. The monoisotopic (exact) mass is 184 g/mol. The summed E-state index contributed by atoms with van der Waals surface area (Å²) in [5, 5.41) is 8.76. The first-order valence-electron chi connectivity index (χ1n) is 5.03. The molecule has 1 aliphatic rings. The molecule has 3 nitrogen and oxygen atoms in total. The van der Waals surface area contributed by atoms with E-state index in [1.165, 1.54) is 0 Å². The summed E-state index contributed by atoms with van der Waals surface area (Å²) in [6, 6.07) is 0. The van der Waals surface area contributed by atoms with Crippen molar-refractivity contribution < 1.29 is 5.11 Å². The zero-order chi connectivity index (χ0) is 9.52. The van der Waals surface area contributed by atoms with Crippen molar-refractivity contribution in [2.45, 2.75) is 6.92 Å². The summed E-state index contributed by atoms with van der Waals surface area (Å²) < 4.78 is 0. The maximum atomic E-state index is 8.76. The van der Waals surface area contributed by atoms with Gasteiger partial charge in [0.2, 0.25) is 0 Å². The number of aliphatic hydroxyl groups is 1. The molecule has 1 fully saturated rings. The highest BCUT2D eigenvalue weighted by Gasteiger charge is 2.14. The lowest BCUT2D eigenvalue weighted by Crippen LogP contribution is -2.47. The second-order valence-electron chi connectivity index (χ2n) is 3.43. The molecule has 1 saturated heterocycles. The van der Waals surface area contributed by atoms with Gasteiger partial charge in [-0.1, -0.05) is 12.2 Å². The van der Waals surface area contributed by atoms with E-state index in [-0.39, 0.29) is 6.61 Å². The van der Waals surface area contributed by atoms with Gasteiger partial charge in [-0.2, -0.15) is 0 Å². The van der Waals surface area contributed by atoms with Gasteiger partial charge in [-0.3, -0.25) is 9.80 Å². The van der Waals surface area contributed by atoms with Crippen molar-refractivity contribution in [3.63, 3.8) is 0 Å². The van der Waals surface area contributed by atoms with E-state index < -0.39 is 0 Å². The lowest BCUT2D eigenvalue weighted by molar-refractivity contribution is 0.120. The summed E-state index contributed by atoms with van der Waals surface area (Å²) in [5.41, 5.74) is 0. The van der Waals surface area contributed by atoms with E-state index in [1.807, 2.05) is 0 Å². The molecule has 3 heteroatoms. The third-order valence-electron chi connectivity index (χ3n) is 2.48. The largest absolute Gasteiger partial charge is 0.395 e. The van der Waals surface area contributed by atoms with E-state index in [1.54, 1.807) is 0 Å². The topological polar surface area (TPSA) is 26.7 Å². The minimum Gasteiger partial charge on any atom is -0.395 e. The molecule has 0 radical (unpaired) electrons. The summed E-state index contributed by atoms with van der Waals surface area (Å²) in [6.07, 6.45) is 4.29. The van der Waals surface area contributed by atoms with Gasteiger partial charge in [0.1, 0.15) is 0 Å². The van der Waals surface area contributed by atoms with Crippen LogP contribution in [0, 0.1) is 0 Å². The molecular weight excluding hydrogens is 164 g/mol. The Morgan fingerprint density at radius 1 is 1.15 bits per heavy atom. The van der Waals surface area contributed by atoms with Gasteiger partial charge in [-0.05, 0) is 6.92 Å². The van der Waals surface area contributed by atoms with Gasteiger partial charge in [0, 0.05) is 39.3 Å². The quantitative estimate of drug-likeness (QED) is 0.631. The van der Waals surface area contributed by atoms with Crippen LogP contribution in [0.5, 0.6) is 0 Å².